The van der Waals surface area contributed by atoms with Crippen LogP contribution in [-0.2, 0) is 32.0 Å². The van der Waals surface area contributed by atoms with Gasteiger partial charge < -0.3 is 40.8 Å². The molecule has 0 spiro atoms. The molecule has 45 heavy (non-hydrogen) atoms. The van der Waals surface area contributed by atoms with Crippen LogP contribution < -0.4 is 17.0 Å². The number of nitrogens with two attached hydrogens (primary N) is 2. The van der Waals surface area contributed by atoms with Gasteiger partial charge in [0.15, 0.2) is 28.9 Å². The monoisotopic (exact) mass is 674 g/mol. The zero-order chi connectivity index (χ0) is 32.3. The molecule has 1 saturated heterocycles. The smallest absolute Gasteiger partial charge is 0.390 e. The van der Waals surface area contributed by atoms with Crippen molar-refractivity contribution >= 4 is 49.7 Å². The molecule has 4 aromatic rings. The fourth-order valence-corrected chi connectivity index (χ4v) is 7.36. The third-order valence-electron chi connectivity index (χ3n) is 7.55. The number of fused-ring (bicyclic) bond motifs is 4. The van der Waals surface area contributed by atoms with Gasteiger partial charge in [-0.2, -0.15) is 4.98 Å². The summed E-state index contributed by atoms with van der Waals surface area (Å²) < 4.78 is 55.3. The van der Waals surface area contributed by atoms with Gasteiger partial charge in [-0.3, -0.25) is 32.4 Å². The average Bonchev–Trinajstić information content (AvgIpc) is 3.67. The van der Waals surface area contributed by atoms with E-state index in [4.69, 9.17) is 34.3 Å². The van der Waals surface area contributed by atoms with Gasteiger partial charge in [-0.25, -0.2) is 29.1 Å². The number of hydrogen-bond donors (Lipinski definition) is 7. The number of methoxy groups -OCH3 is 1. The Hall–Kier alpha value is -3.40. The molecule has 4 aromatic heterocycles. The van der Waals surface area contributed by atoms with Crippen LogP contribution in [0.1, 0.15) is 18.7 Å². The molecule has 0 amide bonds. The van der Waals surface area contributed by atoms with Crippen molar-refractivity contribution in [3.8, 4) is 0 Å². The van der Waals surface area contributed by atoms with Crippen molar-refractivity contribution in [2.75, 3.05) is 31.8 Å². The van der Waals surface area contributed by atoms with Gasteiger partial charge in [-0.1, -0.05) is 0 Å². The maximum Gasteiger partial charge on any atom is 0.472 e. The fourth-order valence-electron chi connectivity index (χ4n) is 5.40. The van der Waals surface area contributed by atoms with Crippen LogP contribution in [0.3, 0.4) is 0 Å². The van der Waals surface area contributed by atoms with E-state index in [1.54, 1.807) is 0 Å². The molecule has 2 bridgehead atoms. The molecule has 2 aliphatic rings. The van der Waals surface area contributed by atoms with Gasteiger partial charge in [0.1, 0.15) is 30.2 Å². The standard InChI is InChI=1S/C21H28N10O12P2/c1-39-10-4-41-45(37,38)42-14-9(30-6-27-12-18(30)28-21(23)29-19(12)33)2-8(13(14)32)3-40-44(35,36)43-15(10)20(34)31-7-26-11-16(22)24-5-25-17(11)31/h5-10,13-15,20,32,34H,2-4H2,1H3,(H,35,36)(H,37,38)(H2,22,24,25)(H3,23,28,29,33)/t8-,9-,10-,13-,14+,15-,20-/m1/s1. The number of phosphoric ester groups is 2. The van der Waals surface area contributed by atoms with E-state index >= 15 is 0 Å². The highest BCUT2D eigenvalue weighted by atomic mass is 31.2. The minimum Gasteiger partial charge on any atom is -0.390 e. The van der Waals surface area contributed by atoms with Crippen molar-refractivity contribution in [3.05, 3.63) is 29.3 Å². The number of aliphatic hydroxyl groups excluding tert-OH is 2. The molecule has 1 aliphatic heterocycles. The van der Waals surface area contributed by atoms with E-state index in [-0.39, 0.29) is 40.5 Å². The summed E-state index contributed by atoms with van der Waals surface area (Å²) >= 11 is 0. The van der Waals surface area contributed by atoms with Crippen LogP contribution in [0.25, 0.3) is 22.3 Å². The molecule has 244 valence electrons. The van der Waals surface area contributed by atoms with E-state index in [0.29, 0.717) is 0 Å². The molecule has 5 heterocycles. The van der Waals surface area contributed by atoms with Crippen LogP contribution in [0, 0.1) is 5.92 Å². The number of hydrogen-bond acceptors (Lipinski definition) is 17. The zero-order valence-corrected chi connectivity index (χ0v) is 24.9. The van der Waals surface area contributed by atoms with Crippen LogP contribution in [0.15, 0.2) is 23.8 Å². The molecular formula is C21H28N10O12P2. The van der Waals surface area contributed by atoms with Crippen LogP contribution in [0.4, 0.5) is 11.8 Å². The van der Waals surface area contributed by atoms with Gasteiger partial charge in [0.25, 0.3) is 5.56 Å². The topological polar surface area (TPSA) is 320 Å². The quantitative estimate of drug-likeness (QED) is 0.122. The highest BCUT2D eigenvalue weighted by Gasteiger charge is 2.50. The summed E-state index contributed by atoms with van der Waals surface area (Å²) in [6, 6.07) is -1.00. The Bertz CT molecular complexity index is 1880. The number of aromatic nitrogens is 8. The maximum absolute atomic E-state index is 13.2. The minimum absolute atomic E-state index is 0.00934. The van der Waals surface area contributed by atoms with Crippen molar-refractivity contribution in [1.29, 1.82) is 0 Å². The van der Waals surface area contributed by atoms with Crippen LogP contribution in [0.2, 0.25) is 0 Å². The molecule has 1 aliphatic carbocycles. The van der Waals surface area contributed by atoms with Crippen LogP contribution in [-0.4, -0.2) is 104 Å². The van der Waals surface area contributed by atoms with Crippen molar-refractivity contribution in [2.24, 2.45) is 5.92 Å². The van der Waals surface area contributed by atoms with Gasteiger partial charge in [-0.05, 0) is 6.42 Å². The first kappa shape index (κ1) is 31.6. The number of rotatable bonds is 4. The highest BCUT2D eigenvalue weighted by molar-refractivity contribution is 7.47. The Labute approximate surface area is 251 Å². The Balaban J connectivity index is 1.34. The van der Waals surface area contributed by atoms with Crippen molar-refractivity contribution in [2.45, 2.75) is 43.1 Å². The van der Waals surface area contributed by atoms with Crippen molar-refractivity contribution in [1.82, 2.24) is 39.0 Å². The normalized spacial score (nSPS) is 33.9. The number of nitrogen functional groups attached to an aromatic ring is 2. The largest absolute Gasteiger partial charge is 0.472 e. The second kappa shape index (κ2) is 11.8. The number of aliphatic hydroxyl groups is 2. The molecule has 9 N–H and O–H groups in total. The second-order valence-corrected chi connectivity index (χ2v) is 13.1. The number of imidazole rings is 2. The van der Waals surface area contributed by atoms with E-state index in [1.165, 1.54) is 10.9 Å². The number of nitrogens with zero attached hydrogens (tertiary/aromatic N) is 7. The third kappa shape index (κ3) is 5.98. The second-order valence-electron chi connectivity index (χ2n) is 10.3. The highest BCUT2D eigenvalue weighted by Crippen LogP contribution is 2.54. The summed E-state index contributed by atoms with van der Waals surface area (Å²) in [5.74, 6) is -1.24. The number of aromatic amines is 1. The predicted octanol–water partition coefficient (Wildman–Crippen LogP) is -1.43. The SMILES string of the molecule is CO[C@@H]1COP(=O)(O)O[C@@H]2[C@H](O)[C@@H](COP(=O)(O)O[C@H]1[C@@H](O)n1cnc3c(N)ncnc31)C[C@H]2n1cnc2c(=O)[nH]c(N)nc21. The molecule has 6 rings (SSSR count). The van der Waals surface area contributed by atoms with E-state index in [9.17, 15) is 33.9 Å². The number of nitrogens with one attached hydrogen (secondary N) is 1. The van der Waals surface area contributed by atoms with Crippen LogP contribution >= 0.6 is 15.6 Å². The Kier molecular flexibility index (Phi) is 8.25. The molecule has 0 radical (unpaired) electrons. The summed E-state index contributed by atoms with van der Waals surface area (Å²) in [5, 5.41) is 22.4. The Morgan fingerprint density at radius 3 is 2.51 bits per heavy atom. The predicted molar refractivity (Wildman–Crippen MR) is 149 cm³/mol. The first-order chi connectivity index (χ1) is 21.3. The van der Waals surface area contributed by atoms with E-state index in [0.717, 1.165) is 24.3 Å². The summed E-state index contributed by atoms with van der Waals surface area (Å²) in [7, 11) is -9.00. The summed E-state index contributed by atoms with van der Waals surface area (Å²) in [6.07, 6.45) is -4.91. The lowest BCUT2D eigenvalue weighted by atomic mass is 10.1. The van der Waals surface area contributed by atoms with Crippen LogP contribution in [0.5, 0.6) is 0 Å². The van der Waals surface area contributed by atoms with Gasteiger partial charge in [-0.15, -0.1) is 0 Å². The Morgan fingerprint density at radius 1 is 1.04 bits per heavy atom. The lowest BCUT2D eigenvalue weighted by Gasteiger charge is -2.32. The minimum atomic E-state index is -5.07. The number of anilines is 2. The summed E-state index contributed by atoms with van der Waals surface area (Å²) in [4.78, 5) is 56.1. The molecule has 0 aromatic carbocycles. The molecular weight excluding hydrogens is 646 g/mol. The maximum atomic E-state index is 13.2. The molecule has 2 unspecified atom stereocenters. The summed E-state index contributed by atoms with van der Waals surface area (Å²) in [5.41, 5.74) is 10.9. The van der Waals surface area contributed by atoms with Gasteiger partial charge in [0.2, 0.25) is 5.95 Å². The first-order valence-corrected chi connectivity index (χ1v) is 16.1. The zero-order valence-electron chi connectivity index (χ0n) is 23.1. The number of ether oxygens (including phenoxy) is 1. The average molecular weight is 674 g/mol. The lowest BCUT2D eigenvalue weighted by Crippen LogP contribution is -2.41. The van der Waals surface area contributed by atoms with Gasteiger partial charge in [0.05, 0.1) is 38.0 Å². The fraction of sp³-hybridized carbons (Fsp3) is 0.524. The van der Waals surface area contributed by atoms with Gasteiger partial charge >= 0.3 is 15.6 Å². The van der Waals surface area contributed by atoms with E-state index < -0.39 is 77.0 Å². The van der Waals surface area contributed by atoms with Crippen molar-refractivity contribution in [3.63, 3.8) is 0 Å². The Morgan fingerprint density at radius 2 is 1.76 bits per heavy atom. The van der Waals surface area contributed by atoms with E-state index in [1.807, 2.05) is 0 Å². The number of H-pyrrole nitrogens is 1. The first-order valence-electron chi connectivity index (χ1n) is 13.1. The molecule has 24 heteroatoms. The lowest BCUT2D eigenvalue weighted by molar-refractivity contribution is -0.113. The third-order valence-corrected chi connectivity index (χ3v) is 9.52. The number of phosphoric acid groups is 2. The molecule has 1 saturated carbocycles. The van der Waals surface area contributed by atoms with Gasteiger partial charge in [0, 0.05) is 13.0 Å². The molecule has 2 fully saturated rings. The summed E-state index contributed by atoms with van der Waals surface area (Å²) in [6.45, 7) is -1.46. The van der Waals surface area contributed by atoms with Crippen molar-refractivity contribution < 1.29 is 52.0 Å². The molecule has 9 atom stereocenters. The molecule has 22 nitrogen and oxygen atoms in total. The van der Waals surface area contributed by atoms with E-state index in [2.05, 4.69) is 29.9 Å².